The number of nitrogens with one attached hydrogen (secondary N) is 1. The molecule has 30 heavy (non-hydrogen) atoms. The van der Waals surface area contributed by atoms with Crippen LogP contribution in [0.3, 0.4) is 0 Å². The molecule has 6 heteroatoms. The van der Waals surface area contributed by atoms with Crippen LogP contribution in [0.5, 0.6) is 5.75 Å². The number of rotatable bonds is 7. The third-order valence-electron chi connectivity index (χ3n) is 5.63. The molecule has 2 heterocycles. The largest absolute Gasteiger partial charge is 0.497 e. The molecule has 1 amide bonds. The fourth-order valence-electron chi connectivity index (χ4n) is 4.01. The SMILES string of the molecule is COc1cccc(NC(=O)CN2CCC(Cn3ccnc3-c3ccccc3)CC2)c1. The van der Waals surface area contributed by atoms with Crippen LogP contribution in [0.15, 0.2) is 67.0 Å². The number of likely N-dealkylation sites (tertiary alicyclic amines) is 1. The summed E-state index contributed by atoms with van der Waals surface area (Å²) in [5.41, 5.74) is 1.91. The Labute approximate surface area is 177 Å². The zero-order chi connectivity index (χ0) is 20.8. The predicted octanol–water partition coefficient (Wildman–Crippen LogP) is 3.91. The third kappa shape index (κ3) is 5.07. The summed E-state index contributed by atoms with van der Waals surface area (Å²) in [4.78, 5) is 19.2. The van der Waals surface area contributed by atoms with Crippen molar-refractivity contribution in [1.82, 2.24) is 14.5 Å². The Hall–Kier alpha value is -3.12. The van der Waals surface area contributed by atoms with E-state index >= 15 is 0 Å². The number of aromatic nitrogens is 2. The van der Waals surface area contributed by atoms with E-state index in [9.17, 15) is 4.79 Å². The minimum absolute atomic E-state index is 0.0164. The second-order valence-electron chi connectivity index (χ2n) is 7.77. The molecule has 1 aliphatic rings. The number of piperidine rings is 1. The molecule has 0 unspecified atom stereocenters. The van der Waals surface area contributed by atoms with E-state index in [0.717, 1.165) is 55.3 Å². The minimum atomic E-state index is 0.0164. The number of hydrogen-bond acceptors (Lipinski definition) is 4. The Morgan fingerprint density at radius 3 is 2.70 bits per heavy atom. The molecule has 156 valence electrons. The summed E-state index contributed by atoms with van der Waals surface area (Å²) >= 11 is 0. The van der Waals surface area contributed by atoms with Crippen molar-refractivity contribution in [3.63, 3.8) is 0 Å². The monoisotopic (exact) mass is 404 g/mol. The first-order valence-electron chi connectivity index (χ1n) is 10.4. The van der Waals surface area contributed by atoms with Crippen LogP contribution in [0.1, 0.15) is 12.8 Å². The fraction of sp³-hybridized carbons (Fsp3) is 0.333. The molecule has 1 saturated heterocycles. The van der Waals surface area contributed by atoms with Gasteiger partial charge in [-0.1, -0.05) is 36.4 Å². The Morgan fingerprint density at radius 2 is 1.93 bits per heavy atom. The first-order valence-corrected chi connectivity index (χ1v) is 10.4. The number of amides is 1. The fourth-order valence-corrected chi connectivity index (χ4v) is 4.01. The van der Waals surface area contributed by atoms with E-state index in [0.29, 0.717) is 12.5 Å². The summed E-state index contributed by atoms with van der Waals surface area (Å²) in [6, 6.07) is 17.8. The van der Waals surface area contributed by atoms with E-state index in [1.165, 1.54) is 0 Å². The summed E-state index contributed by atoms with van der Waals surface area (Å²) in [7, 11) is 1.62. The average molecular weight is 405 g/mol. The van der Waals surface area contributed by atoms with Gasteiger partial charge in [-0.3, -0.25) is 9.69 Å². The lowest BCUT2D eigenvalue weighted by Crippen LogP contribution is -2.40. The average Bonchev–Trinajstić information content (AvgIpc) is 3.24. The van der Waals surface area contributed by atoms with Gasteiger partial charge in [-0.2, -0.15) is 0 Å². The molecule has 2 aromatic carbocycles. The van der Waals surface area contributed by atoms with E-state index in [1.807, 2.05) is 48.7 Å². The number of ether oxygens (including phenoxy) is 1. The molecule has 6 nitrogen and oxygen atoms in total. The summed E-state index contributed by atoms with van der Waals surface area (Å²) in [6.45, 7) is 3.26. The second-order valence-corrected chi connectivity index (χ2v) is 7.77. The molecule has 1 aromatic heterocycles. The van der Waals surface area contributed by atoms with Gasteiger partial charge in [0, 0.05) is 36.3 Å². The van der Waals surface area contributed by atoms with Crippen LogP contribution in [0.2, 0.25) is 0 Å². The topological polar surface area (TPSA) is 59.4 Å². The normalized spacial score (nSPS) is 15.1. The number of carbonyl (C=O) groups is 1. The van der Waals surface area contributed by atoms with Crippen molar-refractivity contribution in [3.05, 3.63) is 67.0 Å². The highest BCUT2D eigenvalue weighted by atomic mass is 16.5. The molecule has 0 spiro atoms. The van der Waals surface area contributed by atoms with Crippen LogP contribution >= 0.6 is 0 Å². The van der Waals surface area contributed by atoms with Gasteiger partial charge in [0.1, 0.15) is 11.6 Å². The molecule has 0 radical (unpaired) electrons. The van der Waals surface area contributed by atoms with E-state index in [1.54, 1.807) is 7.11 Å². The van der Waals surface area contributed by atoms with Crippen molar-refractivity contribution in [2.24, 2.45) is 5.92 Å². The zero-order valence-corrected chi connectivity index (χ0v) is 17.3. The maximum Gasteiger partial charge on any atom is 0.238 e. The summed E-state index contributed by atoms with van der Waals surface area (Å²) in [6.07, 6.45) is 6.11. The molecule has 4 rings (SSSR count). The summed E-state index contributed by atoms with van der Waals surface area (Å²) < 4.78 is 7.46. The Kier molecular flexibility index (Phi) is 6.44. The standard InChI is InChI=1S/C24H28N4O2/c1-30-22-9-5-8-21(16-22)26-23(29)18-27-13-10-19(11-14-27)17-28-15-12-25-24(28)20-6-3-2-4-7-20/h2-9,12,15-16,19H,10-11,13-14,17-18H2,1H3,(H,26,29). The molecular formula is C24H28N4O2. The first kappa shape index (κ1) is 20.2. The van der Waals surface area contributed by atoms with Crippen molar-refractivity contribution in [2.45, 2.75) is 19.4 Å². The molecule has 0 bridgehead atoms. The quantitative estimate of drug-likeness (QED) is 0.649. The van der Waals surface area contributed by atoms with Gasteiger partial charge in [-0.05, 0) is 44.0 Å². The zero-order valence-electron chi connectivity index (χ0n) is 17.3. The lowest BCUT2D eigenvalue weighted by molar-refractivity contribution is -0.117. The van der Waals surface area contributed by atoms with Gasteiger partial charge in [0.2, 0.25) is 5.91 Å². The van der Waals surface area contributed by atoms with Crippen molar-refractivity contribution in [3.8, 4) is 17.1 Å². The van der Waals surface area contributed by atoms with Crippen molar-refractivity contribution >= 4 is 11.6 Å². The molecule has 0 atom stereocenters. The maximum atomic E-state index is 12.4. The first-order chi connectivity index (χ1) is 14.7. The van der Waals surface area contributed by atoms with Crippen LogP contribution < -0.4 is 10.1 Å². The van der Waals surface area contributed by atoms with Gasteiger partial charge >= 0.3 is 0 Å². The molecule has 1 aliphatic heterocycles. The number of benzene rings is 2. The van der Waals surface area contributed by atoms with E-state index < -0.39 is 0 Å². The molecule has 0 aliphatic carbocycles. The van der Waals surface area contributed by atoms with Crippen molar-refractivity contribution in [2.75, 3.05) is 32.1 Å². The Bertz CT molecular complexity index is 962. The minimum Gasteiger partial charge on any atom is -0.497 e. The Balaban J connectivity index is 1.26. The predicted molar refractivity (Wildman–Crippen MR) is 118 cm³/mol. The molecule has 0 saturated carbocycles. The number of carbonyl (C=O) groups excluding carboxylic acids is 1. The highest BCUT2D eigenvalue weighted by molar-refractivity contribution is 5.92. The van der Waals surface area contributed by atoms with Crippen molar-refractivity contribution in [1.29, 1.82) is 0 Å². The summed E-state index contributed by atoms with van der Waals surface area (Å²) in [5.74, 6) is 2.38. The van der Waals surface area contributed by atoms with Gasteiger partial charge in [-0.15, -0.1) is 0 Å². The number of imidazole rings is 1. The van der Waals surface area contributed by atoms with Crippen LogP contribution in [-0.2, 0) is 11.3 Å². The lowest BCUT2D eigenvalue weighted by Gasteiger charge is -2.31. The second kappa shape index (κ2) is 9.59. The van der Waals surface area contributed by atoms with Crippen molar-refractivity contribution < 1.29 is 9.53 Å². The van der Waals surface area contributed by atoms with Gasteiger partial charge in [-0.25, -0.2) is 4.98 Å². The Morgan fingerprint density at radius 1 is 1.13 bits per heavy atom. The molecule has 1 N–H and O–H groups in total. The molecular weight excluding hydrogens is 376 g/mol. The summed E-state index contributed by atoms with van der Waals surface area (Å²) in [5, 5.41) is 2.96. The van der Waals surface area contributed by atoms with Gasteiger partial charge in [0.15, 0.2) is 0 Å². The number of hydrogen-bond donors (Lipinski definition) is 1. The highest BCUT2D eigenvalue weighted by Gasteiger charge is 2.22. The maximum absolute atomic E-state index is 12.4. The van der Waals surface area contributed by atoms with Gasteiger partial charge in [0.05, 0.1) is 13.7 Å². The van der Waals surface area contributed by atoms with Crippen LogP contribution in [0.25, 0.3) is 11.4 Å². The third-order valence-corrected chi connectivity index (χ3v) is 5.63. The lowest BCUT2D eigenvalue weighted by atomic mass is 9.96. The highest BCUT2D eigenvalue weighted by Crippen LogP contribution is 2.23. The van der Waals surface area contributed by atoms with Gasteiger partial charge in [0.25, 0.3) is 0 Å². The van der Waals surface area contributed by atoms with E-state index in [2.05, 4.69) is 38.1 Å². The molecule has 3 aromatic rings. The van der Waals surface area contributed by atoms with Crippen LogP contribution in [0, 0.1) is 5.92 Å². The van der Waals surface area contributed by atoms with Crippen LogP contribution in [0.4, 0.5) is 5.69 Å². The van der Waals surface area contributed by atoms with Gasteiger partial charge < -0.3 is 14.6 Å². The number of anilines is 1. The van der Waals surface area contributed by atoms with E-state index in [4.69, 9.17) is 4.74 Å². The smallest absolute Gasteiger partial charge is 0.238 e. The molecule has 1 fully saturated rings. The number of methoxy groups -OCH3 is 1. The number of nitrogens with zero attached hydrogens (tertiary/aromatic N) is 3. The van der Waals surface area contributed by atoms with Crippen LogP contribution in [-0.4, -0.2) is 47.1 Å². The van der Waals surface area contributed by atoms with E-state index in [-0.39, 0.29) is 5.91 Å².